The number of fused-ring (bicyclic) bond motifs is 3. The maximum absolute atomic E-state index is 11.0. The molecule has 0 radical (unpaired) electrons. The molecule has 3 rings (SSSR count). The molecule has 0 aliphatic carbocycles. The summed E-state index contributed by atoms with van der Waals surface area (Å²) in [6.07, 6.45) is 3.14. The van der Waals surface area contributed by atoms with Crippen molar-refractivity contribution in [2.45, 2.75) is 6.04 Å². The van der Waals surface area contributed by atoms with Gasteiger partial charge in [0.2, 0.25) is 0 Å². The predicted octanol–water partition coefficient (Wildman–Crippen LogP) is 0.686. The van der Waals surface area contributed by atoms with Gasteiger partial charge in [-0.05, 0) is 0 Å². The van der Waals surface area contributed by atoms with Crippen LogP contribution in [-0.2, 0) is 4.79 Å². The SMILES string of the molecule is O=C(O)C1NNc2c1ccc1cncnc21. The lowest BCUT2D eigenvalue weighted by Gasteiger charge is -2.04. The zero-order valence-electron chi connectivity index (χ0n) is 8.14. The fourth-order valence-electron chi connectivity index (χ4n) is 1.86. The molecule has 6 heteroatoms. The highest BCUT2D eigenvalue weighted by Gasteiger charge is 2.29. The Kier molecular flexibility index (Phi) is 1.78. The highest BCUT2D eigenvalue weighted by atomic mass is 16.4. The number of nitrogens with zero attached hydrogens (tertiary/aromatic N) is 2. The van der Waals surface area contributed by atoms with Crippen molar-refractivity contribution in [2.75, 3.05) is 5.43 Å². The summed E-state index contributed by atoms with van der Waals surface area (Å²) in [5.74, 6) is -0.917. The zero-order valence-corrected chi connectivity index (χ0v) is 8.14. The van der Waals surface area contributed by atoms with Crippen LogP contribution in [0.15, 0.2) is 24.7 Å². The summed E-state index contributed by atoms with van der Waals surface area (Å²) in [5, 5.41) is 9.87. The summed E-state index contributed by atoms with van der Waals surface area (Å²) >= 11 is 0. The molecule has 1 atom stereocenters. The Morgan fingerprint density at radius 2 is 2.31 bits per heavy atom. The monoisotopic (exact) mass is 216 g/mol. The molecule has 2 aromatic rings. The number of hydrazine groups is 1. The summed E-state index contributed by atoms with van der Waals surface area (Å²) < 4.78 is 0. The lowest BCUT2D eigenvalue weighted by molar-refractivity contribution is -0.139. The second kappa shape index (κ2) is 3.14. The number of aliphatic carboxylic acids is 1. The van der Waals surface area contributed by atoms with E-state index in [9.17, 15) is 4.79 Å². The molecule has 0 saturated carbocycles. The fraction of sp³-hybridized carbons (Fsp3) is 0.100. The van der Waals surface area contributed by atoms with Gasteiger partial charge in [0.25, 0.3) is 0 Å². The topological polar surface area (TPSA) is 87.1 Å². The minimum atomic E-state index is -0.917. The summed E-state index contributed by atoms with van der Waals surface area (Å²) in [4.78, 5) is 19.0. The highest BCUT2D eigenvalue weighted by molar-refractivity contribution is 5.95. The van der Waals surface area contributed by atoms with E-state index < -0.39 is 12.0 Å². The summed E-state index contributed by atoms with van der Waals surface area (Å²) in [6.45, 7) is 0. The van der Waals surface area contributed by atoms with Crippen molar-refractivity contribution in [3.63, 3.8) is 0 Å². The summed E-state index contributed by atoms with van der Waals surface area (Å²) in [6, 6.07) is 2.86. The van der Waals surface area contributed by atoms with Crippen LogP contribution in [-0.4, -0.2) is 21.0 Å². The van der Waals surface area contributed by atoms with Crippen LogP contribution in [0, 0.1) is 0 Å². The molecule has 0 saturated heterocycles. The number of anilines is 1. The van der Waals surface area contributed by atoms with Crippen LogP contribution in [0.5, 0.6) is 0 Å². The molecule has 1 aromatic carbocycles. The lowest BCUT2D eigenvalue weighted by Crippen LogP contribution is -2.25. The number of hydrogen-bond donors (Lipinski definition) is 3. The first-order valence-electron chi connectivity index (χ1n) is 4.74. The van der Waals surface area contributed by atoms with Crippen molar-refractivity contribution in [2.24, 2.45) is 0 Å². The minimum absolute atomic E-state index is 0.693. The van der Waals surface area contributed by atoms with Gasteiger partial charge in [-0.2, -0.15) is 0 Å². The zero-order chi connectivity index (χ0) is 11.1. The molecular formula is C10H8N4O2. The van der Waals surface area contributed by atoms with Crippen LogP contribution in [0.1, 0.15) is 11.6 Å². The smallest absolute Gasteiger partial charge is 0.327 e. The normalized spacial score (nSPS) is 18.1. The number of hydrogen-bond acceptors (Lipinski definition) is 5. The van der Waals surface area contributed by atoms with E-state index in [-0.39, 0.29) is 0 Å². The van der Waals surface area contributed by atoms with Crippen molar-refractivity contribution in [3.8, 4) is 0 Å². The molecule has 1 aromatic heterocycles. The minimum Gasteiger partial charge on any atom is -0.480 e. The second-order valence-corrected chi connectivity index (χ2v) is 3.53. The van der Waals surface area contributed by atoms with Gasteiger partial charge >= 0.3 is 5.97 Å². The molecule has 16 heavy (non-hydrogen) atoms. The van der Waals surface area contributed by atoms with Crippen molar-refractivity contribution >= 4 is 22.6 Å². The predicted molar refractivity (Wildman–Crippen MR) is 56.7 cm³/mol. The Morgan fingerprint density at radius 3 is 3.12 bits per heavy atom. The first-order valence-corrected chi connectivity index (χ1v) is 4.74. The molecule has 80 valence electrons. The number of rotatable bonds is 1. The number of carboxylic acid groups (broad SMARTS) is 1. The van der Waals surface area contributed by atoms with Gasteiger partial charge in [0, 0.05) is 17.1 Å². The third kappa shape index (κ3) is 1.13. The van der Waals surface area contributed by atoms with E-state index >= 15 is 0 Å². The van der Waals surface area contributed by atoms with Crippen LogP contribution >= 0.6 is 0 Å². The third-order valence-electron chi connectivity index (χ3n) is 2.61. The molecule has 1 aliphatic rings. The van der Waals surface area contributed by atoms with E-state index in [2.05, 4.69) is 20.8 Å². The van der Waals surface area contributed by atoms with Crippen LogP contribution in [0.3, 0.4) is 0 Å². The van der Waals surface area contributed by atoms with E-state index in [1.807, 2.05) is 6.07 Å². The van der Waals surface area contributed by atoms with Crippen LogP contribution in [0.2, 0.25) is 0 Å². The second-order valence-electron chi connectivity index (χ2n) is 3.53. The Balaban J connectivity index is 2.26. The maximum Gasteiger partial charge on any atom is 0.327 e. The lowest BCUT2D eigenvalue weighted by atomic mass is 10.0. The van der Waals surface area contributed by atoms with Crippen molar-refractivity contribution in [1.82, 2.24) is 15.4 Å². The standard InChI is InChI=1S/C10H8N4O2/c15-10(16)9-6-2-1-5-3-11-4-12-7(5)8(6)13-14-9/h1-4,9,13-14H,(H,15,16). The van der Waals surface area contributed by atoms with Crippen molar-refractivity contribution in [1.29, 1.82) is 0 Å². The summed E-state index contributed by atoms with van der Waals surface area (Å²) in [7, 11) is 0. The molecule has 1 unspecified atom stereocenters. The number of carboxylic acids is 1. The van der Waals surface area contributed by atoms with Gasteiger partial charge in [-0.3, -0.25) is 4.79 Å². The van der Waals surface area contributed by atoms with Crippen molar-refractivity contribution < 1.29 is 9.90 Å². The van der Waals surface area contributed by atoms with Gasteiger partial charge in [-0.25, -0.2) is 15.4 Å². The van der Waals surface area contributed by atoms with Gasteiger partial charge < -0.3 is 10.5 Å². The molecule has 6 nitrogen and oxygen atoms in total. The fourth-order valence-corrected chi connectivity index (χ4v) is 1.86. The van der Waals surface area contributed by atoms with Gasteiger partial charge in [0.15, 0.2) is 6.04 Å². The third-order valence-corrected chi connectivity index (χ3v) is 2.61. The van der Waals surface area contributed by atoms with Gasteiger partial charge in [-0.1, -0.05) is 12.1 Å². The van der Waals surface area contributed by atoms with Crippen LogP contribution in [0.25, 0.3) is 10.9 Å². The molecule has 1 aliphatic heterocycles. The number of benzene rings is 1. The van der Waals surface area contributed by atoms with E-state index in [0.29, 0.717) is 11.3 Å². The molecule has 0 fully saturated rings. The van der Waals surface area contributed by atoms with Crippen LogP contribution < -0.4 is 10.9 Å². The Hall–Kier alpha value is -2.21. The molecule has 0 amide bonds. The highest BCUT2D eigenvalue weighted by Crippen LogP contribution is 2.33. The van der Waals surface area contributed by atoms with Gasteiger partial charge in [-0.15, -0.1) is 0 Å². The quantitative estimate of drug-likeness (QED) is 0.650. The summed E-state index contributed by atoms with van der Waals surface area (Å²) in [5.41, 5.74) is 7.69. The number of aromatic nitrogens is 2. The molecule has 2 heterocycles. The first-order chi connectivity index (χ1) is 7.77. The largest absolute Gasteiger partial charge is 0.480 e. The van der Waals surface area contributed by atoms with Crippen molar-refractivity contribution in [3.05, 3.63) is 30.2 Å². The van der Waals surface area contributed by atoms with Gasteiger partial charge in [0.05, 0.1) is 11.2 Å². The van der Waals surface area contributed by atoms with Crippen LogP contribution in [0.4, 0.5) is 5.69 Å². The van der Waals surface area contributed by atoms with E-state index in [0.717, 1.165) is 10.9 Å². The Bertz CT molecular complexity index is 584. The maximum atomic E-state index is 11.0. The number of nitrogens with one attached hydrogen (secondary N) is 2. The molecule has 0 spiro atoms. The first kappa shape index (κ1) is 9.05. The average Bonchev–Trinajstić information content (AvgIpc) is 2.73. The Labute approximate surface area is 90.3 Å². The molecule has 0 bridgehead atoms. The molecule has 3 N–H and O–H groups in total. The molecular weight excluding hydrogens is 208 g/mol. The van der Waals surface area contributed by atoms with E-state index in [1.54, 1.807) is 12.3 Å². The van der Waals surface area contributed by atoms with E-state index in [4.69, 9.17) is 5.11 Å². The van der Waals surface area contributed by atoms with E-state index in [1.165, 1.54) is 6.33 Å². The number of carbonyl (C=O) groups is 1. The van der Waals surface area contributed by atoms with Gasteiger partial charge in [0.1, 0.15) is 6.33 Å². The Morgan fingerprint density at radius 1 is 1.44 bits per heavy atom. The average molecular weight is 216 g/mol.